The lowest BCUT2D eigenvalue weighted by molar-refractivity contribution is 0.473. The van der Waals surface area contributed by atoms with E-state index in [0.717, 1.165) is 19.1 Å². The molecule has 0 aliphatic rings. The number of aromatic hydroxyl groups is 1. The summed E-state index contributed by atoms with van der Waals surface area (Å²) in [6, 6.07) is 7.25. The fourth-order valence-corrected chi connectivity index (χ4v) is 1.27. The van der Waals surface area contributed by atoms with E-state index in [9.17, 15) is 0 Å². The number of hydrogen-bond donors (Lipinski definition) is 2. The minimum Gasteiger partial charge on any atom is -0.516 e. The molecule has 0 aliphatic heterocycles. The van der Waals surface area contributed by atoms with Gasteiger partial charge >= 0.3 is 0 Å². The molecule has 1 rings (SSSR count). The second kappa shape index (κ2) is 7.35. The van der Waals surface area contributed by atoms with Gasteiger partial charge in [-0.25, -0.2) is 0 Å². The van der Waals surface area contributed by atoms with Crippen LogP contribution in [-0.2, 0) is 6.42 Å². The number of phenolic OH excluding ortho intramolecular Hbond substituents is 1. The lowest BCUT2D eigenvalue weighted by Crippen LogP contribution is -1.81. The molecule has 0 fully saturated rings. The largest absolute Gasteiger partial charge is 0.516 e. The van der Waals surface area contributed by atoms with Crippen LogP contribution in [0.25, 0.3) is 0 Å². The minimum absolute atomic E-state index is 0.304. The second-order valence-corrected chi connectivity index (χ2v) is 3.36. The molecular formula is C14H16O2. The Labute approximate surface area is 95.9 Å². The third-order valence-electron chi connectivity index (χ3n) is 2.09. The Kier molecular flexibility index (Phi) is 5.56. The van der Waals surface area contributed by atoms with Crippen molar-refractivity contribution in [3.8, 4) is 5.75 Å². The highest BCUT2D eigenvalue weighted by molar-refractivity contribution is 5.26. The summed E-state index contributed by atoms with van der Waals surface area (Å²) < 4.78 is 0. The highest BCUT2D eigenvalue weighted by atomic mass is 16.3. The number of phenols is 1. The van der Waals surface area contributed by atoms with Gasteiger partial charge in [0.1, 0.15) is 5.75 Å². The van der Waals surface area contributed by atoms with E-state index >= 15 is 0 Å². The maximum absolute atomic E-state index is 9.10. The maximum Gasteiger partial charge on any atom is 0.115 e. The SMILES string of the molecule is OC=CC=CC=CCCc1ccc(O)cc1. The second-order valence-electron chi connectivity index (χ2n) is 3.36. The van der Waals surface area contributed by atoms with E-state index in [1.165, 1.54) is 5.56 Å². The van der Waals surface area contributed by atoms with Crippen molar-refractivity contribution in [1.82, 2.24) is 0 Å². The Morgan fingerprint density at radius 3 is 2.31 bits per heavy atom. The standard InChI is InChI=1S/C14H16O2/c15-12-6-4-2-1-3-5-7-13-8-10-14(16)11-9-13/h1-4,6,8-12,15-16H,5,7H2. The van der Waals surface area contributed by atoms with Crippen molar-refractivity contribution in [1.29, 1.82) is 0 Å². The minimum atomic E-state index is 0.304. The predicted octanol–water partition coefficient (Wildman–Crippen LogP) is 3.51. The van der Waals surface area contributed by atoms with Gasteiger partial charge in [-0.1, -0.05) is 36.4 Å². The molecule has 0 unspecified atom stereocenters. The molecule has 2 N–H and O–H groups in total. The van der Waals surface area contributed by atoms with Gasteiger partial charge in [-0.3, -0.25) is 0 Å². The van der Waals surface area contributed by atoms with Gasteiger partial charge in [0, 0.05) is 0 Å². The molecule has 0 saturated heterocycles. The van der Waals surface area contributed by atoms with Crippen LogP contribution in [0.3, 0.4) is 0 Å². The van der Waals surface area contributed by atoms with Crippen LogP contribution in [-0.4, -0.2) is 10.2 Å². The molecule has 0 spiro atoms. The van der Waals surface area contributed by atoms with Gasteiger partial charge in [0.2, 0.25) is 0 Å². The van der Waals surface area contributed by atoms with E-state index in [1.54, 1.807) is 24.3 Å². The van der Waals surface area contributed by atoms with E-state index in [1.807, 2.05) is 24.3 Å². The van der Waals surface area contributed by atoms with E-state index in [2.05, 4.69) is 6.08 Å². The lowest BCUT2D eigenvalue weighted by atomic mass is 10.1. The summed E-state index contributed by atoms with van der Waals surface area (Å²) in [6.07, 6.45) is 12.1. The smallest absolute Gasteiger partial charge is 0.115 e. The molecule has 0 heterocycles. The molecule has 0 aromatic heterocycles. The highest BCUT2D eigenvalue weighted by Crippen LogP contribution is 2.11. The first-order chi connectivity index (χ1) is 7.83. The van der Waals surface area contributed by atoms with Crippen molar-refractivity contribution in [2.24, 2.45) is 0 Å². The Hall–Kier alpha value is -1.96. The molecule has 1 aromatic rings. The van der Waals surface area contributed by atoms with E-state index in [-0.39, 0.29) is 0 Å². The average molecular weight is 216 g/mol. The molecule has 1 aromatic carbocycles. The van der Waals surface area contributed by atoms with Gasteiger partial charge in [-0.2, -0.15) is 0 Å². The number of rotatable bonds is 5. The first kappa shape index (κ1) is 12.1. The van der Waals surface area contributed by atoms with Crippen LogP contribution in [0.2, 0.25) is 0 Å². The Morgan fingerprint density at radius 2 is 1.62 bits per heavy atom. The van der Waals surface area contributed by atoms with Crippen molar-refractivity contribution < 1.29 is 10.2 Å². The molecule has 2 nitrogen and oxygen atoms in total. The number of aryl methyl sites for hydroxylation is 1. The number of hydrogen-bond acceptors (Lipinski definition) is 2. The zero-order valence-electron chi connectivity index (χ0n) is 9.08. The zero-order chi connectivity index (χ0) is 11.6. The van der Waals surface area contributed by atoms with Gasteiger partial charge in [0.15, 0.2) is 0 Å². The third-order valence-corrected chi connectivity index (χ3v) is 2.09. The van der Waals surface area contributed by atoms with Gasteiger partial charge in [0.05, 0.1) is 6.26 Å². The lowest BCUT2D eigenvalue weighted by Gasteiger charge is -1.97. The Morgan fingerprint density at radius 1 is 0.938 bits per heavy atom. The topological polar surface area (TPSA) is 40.5 Å². The molecule has 2 heteroatoms. The van der Waals surface area contributed by atoms with Crippen molar-refractivity contribution >= 4 is 0 Å². The highest BCUT2D eigenvalue weighted by Gasteiger charge is 1.90. The summed E-state index contributed by atoms with van der Waals surface area (Å²) in [6.45, 7) is 0. The van der Waals surface area contributed by atoms with Crippen LogP contribution in [0, 0.1) is 0 Å². The van der Waals surface area contributed by atoms with Crippen molar-refractivity contribution in [3.05, 3.63) is 66.5 Å². The molecule has 0 aliphatic carbocycles. The van der Waals surface area contributed by atoms with Gasteiger partial charge in [-0.15, -0.1) is 0 Å². The summed E-state index contributed by atoms with van der Waals surface area (Å²) in [5.74, 6) is 0.304. The molecule has 16 heavy (non-hydrogen) atoms. The third kappa shape index (κ3) is 5.05. The van der Waals surface area contributed by atoms with Crippen molar-refractivity contribution in [2.45, 2.75) is 12.8 Å². The van der Waals surface area contributed by atoms with Crippen LogP contribution in [0.5, 0.6) is 5.75 Å². The zero-order valence-corrected chi connectivity index (χ0v) is 9.08. The van der Waals surface area contributed by atoms with Crippen LogP contribution in [0.4, 0.5) is 0 Å². The van der Waals surface area contributed by atoms with Crippen LogP contribution < -0.4 is 0 Å². The van der Waals surface area contributed by atoms with Crippen LogP contribution >= 0.6 is 0 Å². The van der Waals surface area contributed by atoms with Gasteiger partial charge in [0.25, 0.3) is 0 Å². The Bertz CT molecular complexity index is 372. The molecule has 0 atom stereocenters. The van der Waals surface area contributed by atoms with Crippen LogP contribution in [0.15, 0.2) is 60.9 Å². The first-order valence-corrected chi connectivity index (χ1v) is 5.23. The molecule has 0 radical (unpaired) electrons. The van der Waals surface area contributed by atoms with Crippen molar-refractivity contribution in [3.63, 3.8) is 0 Å². The summed E-state index contributed by atoms with van der Waals surface area (Å²) in [7, 11) is 0. The molecule has 0 saturated carbocycles. The summed E-state index contributed by atoms with van der Waals surface area (Å²) in [5, 5.41) is 17.5. The molecule has 0 amide bonds. The predicted molar refractivity (Wildman–Crippen MR) is 66.5 cm³/mol. The number of aliphatic hydroxyl groups excluding tert-OH is 1. The fraction of sp³-hybridized carbons (Fsp3) is 0.143. The van der Waals surface area contributed by atoms with E-state index < -0.39 is 0 Å². The van der Waals surface area contributed by atoms with Crippen molar-refractivity contribution in [2.75, 3.05) is 0 Å². The van der Waals surface area contributed by atoms with Gasteiger partial charge < -0.3 is 10.2 Å². The quantitative estimate of drug-likeness (QED) is 0.584. The summed E-state index contributed by atoms with van der Waals surface area (Å²) >= 11 is 0. The normalized spacial score (nSPS) is 12.0. The summed E-state index contributed by atoms with van der Waals surface area (Å²) in [5.41, 5.74) is 1.21. The Balaban J connectivity index is 2.27. The van der Waals surface area contributed by atoms with Gasteiger partial charge in [-0.05, 0) is 36.6 Å². The van der Waals surface area contributed by atoms with Crippen LogP contribution in [0.1, 0.15) is 12.0 Å². The molecule has 84 valence electrons. The maximum atomic E-state index is 9.10. The van der Waals surface area contributed by atoms with E-state index in [4.69, 9.17) is 10.2 Å². The number of allylic oxidation sites excluding steroid dienone is 5. The molecular weight excluding hydrogens is 200 g/mol. The fourth-order valence-electron chi connectivity index (χ4n) is 1.27. The monoisotopic (exact) mass is 216 g/mol. The number of benzene rings is 1. The number of aliphatic hydroxyl groups is 1. The molecule has 0 bridgehead atoms. The average Bonchev–Trinajstić information content (AvgIpc) is 2.30. The first-order valence-electron chi connectivity index (χ1n) is 5.23. The van der Waals surface area contributed by atoms with E-state index in [0.29, 0.717) is 5.75 Å². The summed E-state index contributed by atoms with van der Waals surface area (Å²) in [4.78, 5) is 0.